The molecule has 1 saturated heterocycles. The molecule has 2 heterocycles. The van der Waals surface area contributed by atoms with Crippen molar-refractivity contribution in [3.8, 4) is 0 Å². The van der Waals surface area contributed by atoms with Crippen LogP contribution in [0, 0.1) is 22.7 Å². The SMILES string of the molecule is COC(=O)C1=CC(O)C[C@H]2[C@]3(C)C[C@@H](c4ccoc4)OC(=O)[C@H]3CC[C@@]12C. The molecule has 0 bridgehead atoms. The van der Waals surface area contributed by atoms with Crippen LogP contribution in [0.5, 0.6) is 0 Å². The fourth-order valence-electron chi connectivity index (χ4n) is 5.85. The first kappa shape index (κ1) is 18.3. The Bertz CT molecular complexity index is 781. The van der Waals surface area contributed by atoms with Crippen LogP contribution in [0.3, 0.4) is 0 Å². The van der Waals surface area contributed by atoms with Crippen LogP contribution >= 0.6 is 0 Å². The van der Waals surface area contributed by atoms with Crippen molar-refractivity contribution in [2.45, 2.75) is 51.7 Å². The lowest BCUT2D eigenvalue weighted by Crippen LogP contribution is -2.57. The van der Waals surface area contributed by atoms with E-state index in [1.165, 1.54) is 7.11 Å². The lowest BCUT2D eigenvalue weighted by atomic mass is 9.45. The van der Waals surface area contributed by atoms with Crippen LogP contribution in [-0.4, -0.2) is 30.3 Å². The Labute approximate surface area is 158 Å². The van der Waals surface area contributed by atoms with E-state index in [0.29, 0.717) is 31.3 Å². The number of aliphatic hydroxyl groups excluding tert-OH is 1. The fourth-order valence-corrected chi connectivity index (χ4v) is 5.85. The van der Waals surface area contributed by atoms with Gasteiger partial charge in [0.25, 0.3) is 0 Å². The molecule has 6 heteroatoms. The Morgan fingerprint density at radius 2 is 2.15 bits per heavy atom. The van der Waals surface area contributed by atoms with Gasteiger partial charge in [-0.15, -0.1) is 0 Å². The highest BCUT2D eigenvalue weighted by molar-refractivity contribution is 5.90. The predicted molar refractivity (Wildman–Crippen MR) is 95.3 cm³/mol. The number of carbonyl (C=O) groups is 2. The van der Waals surface area contributed by atoms with E-state index in [0.717, 1.165) is 5.56 Å². The zero-order chi connectivity index (χ0) is 19.4. The monoisotopic (exact) mass is 374 g/mol. The first-order chi connectivity index (χ1) is 12.8. The van der Waals surface area contributed by atoms with Crippen LogP contribution in [0.1, 0.15) is 51.2 Å². The molecule has 1 aliphatic heterocycles. The number of ether oxygens (including phenoxy) is 2. The number of hydrogen-bond donors (Lipinski definition) is 1. The molecule has 1 unspecified atom stereocenters. The lowest BCUT2D eigenvalue weighted by Gasteiger charge is -2.59. The summed E-state index contributed by atoms with van der Waals surface area (Å²) in [6, 6.07) is 1.82. The van der Waals surface area contributed by atoms with Crippen molar-refractivity contribution in [2.24, 2.45) is 22.7 Å². The Morgan fingerprint density at radius 3 is 2.81 bits per heavy atom. The molecular weight excluding hydrogens is 348 g/mol. The second kappa shape index (κ2) is 6.23. The average Bonchev–Trinajstić information content (AvgIpc) is 3.16. The summed E-state index contributed by atoms with van der Waals surface area (Å²) in [4.78, 5) is 25.3. The summed E-state index contributed by atoms with van der Waals surface area (Å²) in [5.41, 5.74) is 0.553. The average molecular weight is 374 g/mol. The molecule has 6 atom stereocenters. The molecular formula is C21H26O6. The van der Waals surface area contributed by atoms with Crippen LogP contribution in [0.15, 0.2) is 34.7 Å². The molecule has 1 saturated carbocycles. The molecule has 4 rings (SSSR count). The summed E-state index contributed by atoms with van der Waals surface area (Å²) in [5.74, 6) is -0.850. The first-order valence-corrected chi connectivity index (χ1v) is 9.51. The van der Waals surface area contributed by atoms with E-state index in [2.05, 4.69) is 13.8 Å². The molecule has 0 spiro atoms. The van der Waals surface area contributed by atoms with Gasteiger partial charge in [0.1, 0.15) is 6.10 Å². The normalized spacial score (nSPS) is 41.0. The van der Waals surface area contributed by atoms with Crippen molar-refractivity contribution >= 4 is 11.9 Å². The number of esters is 2. The molecule has 2 aliphatic carbocycles. The summed E-state index contributed by atoms with van der Waals surface area (Å²) < 4.78 is 15.9. The lowest BCUT2D eigenvalue weighted by molar-refractivity contribution is -0.192. The second-order valence-corrected chi connectivity index (χ2v) is 8.63. The quantitative estimate of drug-likeness (QED) is 0.800. The molecule has 1 aromatic heterocycles. The van der Waals surface area contributed by atoms with Crippen LogP contribution in [-0.2, 0) is 19.1 Å². The zero-order valence-electron chi connectivity index (χ0n) is 15.9. The summed E-state index contributed by atoms with van der Waals surface area (Å²) in [6.45, 7) is 4.18. The van der Waals surface area contributed by atoms with Crippen LogP contribution in [0.2, 0.25) is 0 Å². The van der Waals surface area contributed by atoms with Crippen molar-refractivity contribution < 1.29 is 28.6 Å². The summed E-state index contributed by atoms with van der Waals surface area (Å²) in [6.07, 6.45) is 6.25. The van der Waals surface area contributed by atoms with Gasteiger partial charge < -0.3 is 19.0 Å². The molecule has 0 aromatic carbocycles. The third kappa shape index (κ3) is 2.64. The molecule has 2 fully saturated rings. The third-order valence-corrected chi connectivity index (χ3v) is 7.25. The highest BCUT2D eigenvalue weighted by atomic mass is 16.5. The number of carbonyl (C=O) groups excluding carboxylic acids is 2. The summed E-state index contributed by atoms with van der Waals surface area (Å²) >= 11 is 0. The van der Waals surface area contributed by atoms with Gasteiger partial charge in [0.05, 0.1) is 31.7 Å². The van der Waals surface area contributed by atoms with E-state index >= 15 is 0 Å². The molecule has 146 valence electrons. The van der Waals surface area contributed by atoms with Crippen molar-refractivity contribution in [2.75, 3.05) is 7.11 Å². The van der Waals surface area contributed by atoms with Crippen LogP contribution < -0.4 is 0 Å². The topological polar surface area (TPSA) is 86.0 Å². The highest BCUT2D eigenvalue weighted by Crippen LogP contribution is 2.64. The molecule has 0 radical (unpaired) electrons. The van der Waals surface area contributed by atoms with Gasteiger partial charge in [-0.05, 0) is 49.2 Å². The maximum Gasteiger partial charge on any atom is 0.334 e. The molecule has 1 N–H and O–H groups in total. The van der Waals surface area contributed by atoms with Gasteiger partial charge in [-0.3, -0.25) is 4.79 Å². The zero-order valence-corrected chi connectivity index (χ0v) is 15.9. The minimum Gasteiger partial charge on any atom is -0.472 e. The number of aliphatic hydroxyl groups is 1. The third-order valence-electron chi connectivity index (χ3n) is 7.25. The van der Waals surface area contributed by atoms with Gasteiger partial charge in [-0.1, -0.05) is 13.8 Å². The van der Waals surface area contributed by atoms with Gasteiger partial charge in [0, 0.05) is 16.6 Å². The van der Waals surface area contributed by atoms with E-state index in [4.69, 9.17) is 13.9 Å². The van der Waals surface area contributed by atoms with Crippen LogP contribution in [0.4, 0.5) is 0 Å². The number of rotatable bonds is 2. The molecule has 0 amide bonds. The predicted octanol–water partition coefficient (Wildman–Crippen LogP) is 3.17. The van der Waals surface area contributed by atoms with Crippen molar-refractivity contribution in [3.63, 3.8) is 0 Å². The number of furan rings is 1. The number of fused-ring (bicyclic) bond motifs is 3. The summed E-state index contributed by atoms with van der Waals surface area (Å²) in [5, 5.41) is 10.5. The van der Waals surface area contributed by atoms with Gasteiger partial charge in [-0.25, -0.2) is 4.79 Å². The smallest absolute Gasteiger partial charge is 0.334 e. The fraction of sp³-hybridized carbons (Fsp3) is 0.619. The van der Waals surface area contributed by atoms with Crippen molar-refractivity contribution in [1.29, 1.82) is 0 Å². The number of methoxy groups -OCH3 is 1. The maximum absolute atomic E-state index is 12.8. The van der Waals surface area contributed by atoms with E-state index in [9.17, 15) is 14.7 Å². The van der Waals surface area contributed by atoms with E-state index in [1.54, 1.807) is 18.6 Å². The Hall–Kier alpha value is -2.08. The minimum atomic E-state index is -0.724. The van der Waals surface area contributed by atoms with Gasteiger partial charge in [0.15, 0.2) is 0 Å². The Morgan fingerprint density at radius 1 is 1.37 bits per heavy atom. The molecule has 1 aromatic rings. The number of hydrogen-bond acceptors (Lipinski definition) is 6. The molecule has 6 nitrogen and oxygen atoms in total. The maximum atomic E-state index is 12.8. The summed E-state index contributed by atoms with van der Waals surface area (Å²) in [7, 11) is 1.36. The van der Waals surface area contributed by atoms with E-state index in [-0.39, 0.29) is 23.9 Å². The van der Waals surface area contributed by atoms with Crippen molar-refractivity contribution in [3.05, 3.63) is 35.8 Å². The van der Waals surface area contributed by atoms with E-state index in [1.807, 2.05) is 6.07 Å². The molecule has 27 heavy (non-hydrogen) atoms. The van der Waals surface area contributed by atoms with Gasteiger partial charge in [0.2, 0.25) is 0 Å². The van der Waals surface area contributed by atoms with E-state index < -0.39 is 22.9 Å². The van der Waals surface area contributed by atoms with Crippen molar-refractivity contribution in [1.82, 2.24) is 0 Å². The highest BCUT2D eigenvalue weighted by Gasteiger charge is 2.62. The van der Waals surface area contributed by atoms with Crippen LogP contribution in [0.25, 0.3) is 0 Å². The molecule has 3 aliphatic rings. The standard InChI is InChI=1S/C21H26O6/c1-20-6-4-14-19(24)27-16(12-5-7-26-11-12)10-21(14,2)17(20)9-13(22)8-15(20)18(23)25-3/h5,7-8,11,13-14,16-17,22H,4,6,9-10H2,1-3H3/t13?,14-,16+,17-,20+,21-/m1/s1. The Kier molecular flexibility index (Phi) is 4.22. The minimum absolute atomic E-state index is 0.0277. The largest absolute Gasteiger partial charge is 0.472 e. The number of cyclic esters (lactones) is 1. The first-order valence-electron chi connectivity index (χ1n) is 9.51. The van der Waals surface area contributed by atoms with Gasteiger partial charge in [-0.2, -0.15) is 0 Å². The second-order valence-electron chi connectivity index (χ2n) is 8.63. The van der Waals surface area contributed by atoms with Gasteiger partial charge >= 0.3 is 11.9 Å². The Balaban J connectivity index is 1.75.